The fourth-order valence-electron chi connectivity index (χ4n) is 2.41. The molecular formula is C17H14F3NO. The average Bonchev–Trinajstić information content (AvgIpc) is 2.48. The van der Waals surface area contributed by atoms with Gasteiger partial charge in [0.05, 0.1) is 0 Å². The van der Waals surface area contributed by atoms with E-state index in [0.717, 1.165) is 16.8 Å². The van der Waals surface area contributed by atoms with Crippen LogP contribution in [-0.4, -0.2) is 17.8 Å². The van der Waals surface area contributed by atoms with Gasteiger partial charge in [0.2, 0.25) is 0 Å². The van der Waals surface area contributed by atoms with Crippen LogP contribution in [0.3, 0.4) is 0 Å². The second-order valence-corrected chi connectivity index (χ2v) is 5.22. The normalized spacial score (nSPS) is 24.6. The molecule has 5 heteroatoms. The number of hydrogen-bond acceptors (Lipinski definition) is 2. The van der Waals surface area contributed by atoms with Gasteiger partial charge in [-0.25, -0.2) is 0 Å². The Morgan fingerprint density at radius 2 is 1.73 bits per heavy atom. The molecule has 0 bridgehead atoms. The molecule has 0 fully saturated rings. The summed E-state index contributed by atoms with van der Waals surface area (Å²) in [6, 6.07) is 12.7. The van der Waals surface area contributed by atoms with Crippen molar-refractivity contribution in [3.05, 3.63) is 66.8 Å². The van der Waals surface area contributed by atoms with Gasteiger partial charge in [-0.15, -0.1) is 0 Å². The number of allylic oxidation sites excluding steroid dienone is 2. The van der Waals surface area contributed by atoms with Crippen LogP contribution < -0.4 is 10.5 Å². The highest BCUT2D eigenvalue weighted by Gasteiger charge is 2.56. The molecule has 2 aromatic rings. The maximum atomic E-state index is 13.2. The number of rotatable bonds is 2. The van der Waals surface area contributed by atoms with Crippen molar-refractivity contribution in [2.75, 3.05) is 0 Å². The standard InChI is InChI=1S/C17H14F3NO/c18-17(19,20)16(21)10-4-3-7-15(16)22-14-9-8-12-5-1-2-6-13(12)11-14/h1-11,15H,21H2. The summed E-state index contributed by atoms with van der Waals surface area (Å²) in [7, 11) is 0. The zero-order chi connectivity index (χ0) is 15.8. The summed E-state index contributed by atoms with van der Waals surface area (Å²) >= 11 is 0. The van der Waals surface area contributed by atoms with E-state index in [9.17, 15) is 13.2 Å². The lowest BCUT2D eigenvalue weighted by Gasteiger charge is -2.36. The van der Waals surface area contributed by atoms with Gasteiger partial charge in [-0.3, -0.25) is 0 Å². The van der Waals surface area contributed by atoms with Crippen molar-refractivity contribution in [1.29, 1.82) is 0 Å². The number of benzene rings is 2. The predicted octanol–water partition coefficient (Wildman–Crippen LogP) is 3.97. The maximum Gasteiger partial charge on any atom is 0.413 e. The van der Waals surface area contributed by atoms with Crippen molar-refractivity contribution in [3.63, 3.8) is 0 Å². The van der Waals surface area contributed by atoms with Crippen LogP contribution in [0.15, 0.2) is 66.8 Å². The van der Waals surface area contributed by atoms with E-state index in [1.54, 1.807) is 18.2 Å². The molecule has 2 N–H and O–H groups in total. The van der Waals surface area contributed by atoms with Crippen molar-refractivity contribution in [2.45, 2.75) is 17.8 Å². The summed E-state index contributed by atoms with van der Waals surface area (Å²) < 4.78 is 45.2. The predicted molar refractivity (Wildman–Crippen MR) is 79.6 cm³/mol. The van der Waals surface area contributed by atoms with Gasteiger partial charge in [0.1, 0.15) is 11.9 Å². The Morgan fingerprint density at radius 1 is 1.00 bits per heavy atom. The highest BCUT2D eigenvalue weighted by atomic mass is 19.4. The van der Waals surface area contributed by atoms with E-state index in [2.05, 4.69) is 0 Å². The van der Waals surface area contributed by atoms with Gasteiger partial charge in [-0.05, 0) is 29.0 Å². The highest BCUT2D eigenvalue weighted by Crippen LogP contribution is 2.36. The minimum absolute atomic E-state index is 0.350. The van der Waals surface area contributed by atoms with Crippen LogP contribution >= 0.6 is 0 Å². The van der Waals surface area contributed by atoms with E-state index in [1.165, 1.54) is 18.2 Å². The zero-order valence-corrected chi connectivity index (χ0v) is 11.5. The van der Waals surface area contributed by atoms with Gasteiger partial charge in [0, 0.05) is 0 Å². The van der Waals surface area contributed by atoms with E-state index in [0.29, 0.717) is 5.75 Å². The third kappa shape index (κ3) is 2.48. The molecular weight excluding hydrogens is 291 g/mol. The van der Waals surface area contributed by atoms with E-state index >= 15 is 0 Å². The summed E-state index contributed by atoms with van der Waals surface area (Å²) in [4.78, 5) is 0. The summed E-state index contributed by atoms with van der Waals surface area (Å²) in [6.07, 6.45) is -0.869. The van der Waals surface area contributed by atoms with E-state index < -0.39 is 17.8 Å². The Kier molecular flexibility index (Phi) is 3.45. The van der Waals surface area contributed by atoms with Crippen LogP contribution in [0.4, 0.5) is 13.2 Å². The molecule has 2 aromatic carbocycles. The molecule has 2 atom stereocenters. The van der Waals surface area contributed by atoms with Gasteiger partial charge in [-0.2, -0.15) is 13.2 Å². The molecule has 2 unspecified atom stereocenters. The van der Waals surface area contributed by atoms with Gasteiger partial charge < -0.3 is 10.5 Å². The summed E-state index contributed by atoms with van der Waals surface area (Å²) in [5.41, 5.74) is 3.02. The number of ether oxygens (including phenoxy) is 1. The van der Waals surface area contributed by atoms with Crippen molar-refractivity contribution in [1.82, 2.24) is 0 Å². The summed E-state index contributed by atoms with van der Waals surface area (Å²) in [5, 5.41) is 1.88. The van der Waals surface area contributed by atoms with Crippen LogP contribution in [0.1, 0.15) is 0 Å². The third-order valence-corrected chi connectivity index (χ3v) is 3.71. The van der Waals surface area contributed by atoms with E-state index in [1.807, 2.05) is 24.3 Å². The first-order chi connectivity index (χ1) is 10.4. The van der Waals surface area contributed by atoms with Crippen molar-refractivity contribution >= 4 is 10.8 Å². The summed E-state index contributed by atoms with van der Waals surface area (Å²) in [6.45, 7) is 0. The van der Waals surface area contributed by atoms with Gasteiger partial charge in [0.25, 0.3) is 0 Å². The number of halogens is 3. The van der Waals surface area contributed by atoms with Gasteiger partial charge in [0.15, 0.2) is 5.54 Å². The Balaban J connectivity index is 1.93. The van der Waals surface area contributed by atoms with Crippen molar-refractivity contribution in [3.8, 4) is 5.75 Å². The smallest absolute Gasteiger partial charge is 0.413 e. The van der Waals surface area contributed by atoms with Crippen molar-refractivity contribution in [2.24, 2.45) is 5.73 Å². The molecule has 114 valence electrons. The molecule has 1 aliphatic rings. The highest BCUT2D eigenvalue weighted by molar-refractivity contribution is 5.83. The SMILES string of the molecule is NC1(C(F)(F)F)C=CC=CC1Oc1ccc2ccccc2c1. The largest absolute Gasteiger partial charge is 0.484 e. The van der Waals surface area contributed by atoms with Crippen LogP contribution in [0.5, 0.6) is 5.75 Å². The molecule has 0 aromatic heterocycles. The maximum absolute atomic E-state index is 13.2. The molecule has 3 rings (SSSR count). The van der Waals surface area contributed by atoms with Crippen molar-refractivity contribution < 1.29 is 17.9 Å². The first kappa shape index (κ1) is 14.7. The topological polar surface area (TPSA) is 35.2 Å². The number of hydrogen-bond donors (Lipinski definition) is 1. The first-order valence-corrected chi connectivity index (χ1v) is 6.77. The third-order valence-electron chi connectivity index (χ3n) is 3.71. The minimum Gasteiger partial charge on any atom is -0.484 e. The van der Waals surface area contributed by atoms with Crippen LogP contribution in [-0.2, 0) is 0 Å². The Bertz CT molecular complexity index is 751. The van der Waals surface area contributed by atoms with Gasteiger partial charge >= 0.3 is 6.18 Å². The van der Waals surface area contributed by atoms with E-state index in [-0.39, 0.29) is 0 Å². The Labute approximate surface area is 125 Å². The fourth-order valence-corrected chi connectivity index (χ4v) is 2.41. The lowest BCUT2D eigenvalue weighted by Crippen LogP contribution is -2.62. The molecule has 0 aliphatic heterocycles. The first-order valence-electron chi connectivity index (χ1n) is 6.77. The van der Waals surface area contributed by atoms with Crippen LogP contribution in [0.2, 0.25) is 0 Å². The van der Waals surface area contributed by atoms with Gasteiger partial charge in [-0.1, -0.05) is 48.6 Å². The zero-order valence-electron chi connectivity index (χ0n) is 11.5. The number of nitrogens with two attached hydrogens (primary N) is 1. The molecule has 0 radical (unpaired) electrons. The average molecular weight is 305 g/mol. The molecule has 0 amide bonds. The fraction of sp³-hybridized carbons (Fsp3) is 0.176. The van der Waals surface area contributed by atoms with E-state index in [4.69, 9.17) is 10.5 Å². The number of alkyl halides is 3. The minimum atomic E-state index is -4.60. The summed E-state index contributed by atoms with van der Waals surface area (Å²) in [5.74, 6) is 0.350. The quantitative estimate of drug-likeness (QED) is 0.911. The molecule has 0 saturated carbocycles. The molecule has 0 saturated heterocycles. The molecule has 0 heterocycles. The molecule has 1 aliphatic carbocycles. The Hall–Kier alpha value is -2.27. The Morgan fingerprint density at radius 3 is 2.45 bits per heavy atom. The second-order valence-electron chi connectivity index (χ2n) is 5.22. The molecule has 22 heavy (non-hydrogen) atoms. The lowest BCUT2D eigenvalue weighted by molar-refractivity contribution is -0.187. The van der Waals surface area contributed by atoms with Crippen LogP contribution in [0.25, 0.3) is 10.8 Å². The number of fused-ring (bicyclic) bond motifs is 1. The molecule has 0 spiro atoms. The monoisotopic (exact) mass is 305 g/mol. The second kappa shape index (κ2) is 5.18. The lowest BCUT2D eigenvalue weighted by atomic mass is 9.88. The van der Waals surface area contributed by atoms with Crippen LogP contribution in [0, 0.1) is 0 Å². The molecule has 2 nitrogen and oxygen atoms in total.